The van der Waals surface area contributed by atoms with Gasteiger partial charge in [-0.05, 0) is 25.1 Å². The summed E-state index contributed by atoms with van der Waals surface area (Å²) in [6.07, 6.45) is 3.08. The number of nitro groups is 1. The van der Waals surface area contributed by atoms with Crippen molar-refractivity contribution in [3.05, 3.63) is 45.0 Å². The Hall–Kier alpha value is -1.59. The second kappa shape index (κ2) is 5.84. The van der Waals surface area contributed by atoms with Crippen molar-refractivity contribution in [2.24, 2.45) is 0 Å². The monoisotopic (exact) mass is 267 g/mol. The molecular formula is C12H14ClN3O2. The molecule has 0 aromatic heterocycles. The van der Waals surface area contributed by atoms with Gasteiger partial charge in [0.05, 0.1) is 4.92 Å². The molecule has 1 aromatic rings. The van der Waals surface area contributed by atoms with Gasteiger partial charge in [-0.3, -0.25) is 10.1 Å². The Morgan fingerprint density at radius 2 is 2.33 bits per heavy atom. The van der Waals surface area contributed by atoms with Crippen molar-refractivity contribution in [3.8, 4) is 0 Å². The Morgan fingerprint density at radius 1 is 1.50 bits per heavy atom. The molecule has 0 radical (unpaired) electrons. The Labute approximate surface area is 110 Å². The van der Waals surface area contributed by atoms with E-state index in [1.54, 1.807) is 12.1 Å². The van der Waals surface area contributed by atoms with Gasteiger partial charge in [-0.15, -0.1) is 0 Å². The molecule has 0 spiro atoms. The first kappa shape index (κ1) is 12.9. The van der Waals surface area contributed by atoms with Gasteiger partial charge in [0.1, 0.15) is 5.69 Å². The van der Waals surface area contributed by atoms with Gasteiger partial charge in [0, 0.05) is 24.2 Å². The fourth-order valence-corrected chi connectivity index (χ4v) is 2.01. The lowest BCUT2D eigenvalue weighted by molar-refractivity contribution is -0.383. The van der Waals surface area contributed by atoms with Crippen LogP contribution in [0.25, 0.3) is 0 Å². The Kier molecular flexibility index (Phi) is 4.17. The molecule has 2 rings (SSSR count). The van der Waals surface area contributed by atoms with E-state index in [4.69, 9.17) is 11.6 Å². The maximum absolute atomic E-state index is 10.9. The summed E-state index contributed by atoms with van der Waals surface area (Å²) in [5, 5.41) is 17.6. The maximum Gasteiger partial charge on any atom is 0.293 e. The molecule has 0 bridgehead atoms. The van der Waals surface area contributed by atoms with Crippen molar-refractivity contribution in [2.75, 3.05) is 25.0 Å². The third-order valence-electron chi connectivity index (χ3n) is 2.82. The Morgan fingerprint density at radius 3 is 3.00 bits per heavy atom. The number of rotatable bonds is 4. The number of nitrogens with zero attached hydrogens (tertiary/aromatic N) is 1. The van der Waals surface area contributed by atoms with E-state index in [1.807, 2.05) is 0 Å². The molecule has 0 saturated carbocycles. The topological polar surface area (TPSA) is 67.2 Å². The highest BCUT2D eigenvalue weighted by Gasteiger charge is 2.14. The summed E-state index contributed by atoms with van der Waals surface area (Å²) in [5.74, 6) is 0. The Balaban J connectivity index is 2.08. The molecule has 0 saturated heterocycles. The van der Waals surface area contributed by atoms with Crippen LogP contribution in [0.4, 0.5) is 11.4 Å². The smallest absolute Gasteiger partial charge is 0.293 e. The van der Waals surface area contributed by atoms with E-state index in [0.717, 1.165) is 19.5 Å². The zero-order valence-corrected chi connectivity index (χ0v) is 10.5. The van der Waals surface area contributed by atoms with E-state index in [0.29, 0.717) is 17.3 Å². The molecule has 0 aliphatic carbocycles. The lowest BCUT2D eigenvalue weighted by atomic mass is 10.1. The van der Waals surface area contributed by atoms with E-state index in [9.17, 15) is 10.1 Å². The zero-order valence-electron chi connectivity index (χ0n) is 9.78. The van der Waals surface area contributed by atoms with Gasteiger partial charge >= 0.3 is 0 Å². The molecule has 0 fully saturated rings. The van der Waals surface area contributed by atoms with Gasteiger partial charge in [0.15, 0.2) is 0 Å². The van der Waals surface area contributed by atoms with Gasteiger partial charge in [-0.1, -0.05) is 23.3 Å². The van der Waals surface area contributed by atoms with E-state index in [-0.39, 0.29) is 5.69 Å². The largest absolute Gasteiger partial charge is 0.376 e. The zero-order chi connectivity index (χ0) is 13.0. The van der Waals surface area contributed by atoms with Crippen LogP contribution in [0.3, 0.4) is 0 Å². The highest BCUT2D eigenvalue weighted by molar-refractivity contribution is 6.30. The molecule has 1 aromatic carbocycles. The molecule has 6 heteroatoms. The molecule has 18 heavy (non-hydrogen) atoms. The highest BCUT2D eigenvalue weighted by atomic mass is 35.5. The lowest BCUT2D eigenvalue weighted by Gasteiger charge is -2.15. The number of nitro benzene ring substituents is 1. The molecule has 1 heterocycles. The summed E-state index contributed by atoms with van der Waals surface area (Å²) in [6.45, 7) is 2.44. The third-order valence-corrected chi connectivity index (χ3v) is 3.06. The first-order valence-corrected chi connectivity index (χ1v) is 6.11. The van der Waals surface area contributed by atoms with Crippen LogP contribution in [0.1, 0.15) is 6.42 Å². The minimum absolute atomic E-state index is 0.0111. The summed E-state index contributed by atoms with van der Waals surface area (Å²) in [6, 6.07) is 4.65. The average molecular weight is 268 g/mol. The number of benzene rings is 1. The van der Waals surface area contributed by atoms with E-state index in [2.05, 4.69) is 16.7 Å². The van der Waals surface area contributed by atoms with Crippen LogP contribution < -0.4 is 10.6 Å². The highest BCUT2D eigenvalue weighted by Crippen LogP contribution is 2.27. The summed E-state index contributed by atoms with van der Waals surface area (Å²) in [5.41, 5.74) is 1.78. The number of halogens is 1. The molecule has 0 unspecified atom stereocenters. The standard InChI is InChI=1S/C12H14ClN3O2/c13-10-1-2-11(12(7-10)16(17)18)15-8-9-3-5-14-6-4-9/h1-3,7,14-15H,4-6,8H2. The third kappa shape index (κ3) is 3.21. The number of nitrogens with one attached hydrogen (secondary N) is 2. The second-order valence-electron chi connectivity index (χ2n) is 4.09. The first-order valence-electron chi connectivity index (χ1n) is 5.73. The van der Waals surface area contributed by atoms with Crippen molar-refractivity contribution in [1.29, 1.82) is 0 Å². The Bertz CT molecular complexity index is 488. The van der Waals surface area contributed by atoms with Crippen LogP contribution in [0, 0.1) is 10.1 Å². The average Bonchev–Trinajstić information content (AvgIpc) is 2.38. The normalized spacial score (nSPS) is 15.1. The second-order valence-corrected chi connectivity index (χ2v) is 4.53. The van der Waals surface area contributed by atoms with Crippen molar-refractivity contribution >= 4 is 23.0 Å². The molecule has 1 aliphatic rings. The van der Waals surface area contributed by atoms with Crippen molar-refractivity contribution in [2.45, 2.75) is 6.42 Å². The van der Waals surface area contributed by atoms with Gasteiger partial charge in [-0.25, -0.2) is 0 Å². The summed E-state index contributed by atoms with van der Waals surface area (Å²) >= 11 is 5.76. The van der Waals surface area contributed by atoms with Gasteiger partial charge in [-0.2, -0.15) is 0 Å². The van der Waals surface area contributed by atoms with Crippen molar-refractivity contribution in [3.63, 3.8) is 0 Å². The van der Waals surface area contributed by atoms with Crippen LogP contribution in [0.2, 0.25) is 5.02 Å². The summed E-state index contributed by atoms with van der Waals surface area (Å²) in [7, 11) is 0. The van der Waals surface area contributed by atoms with Gasteiger partial charge in [0.25, 0.3) is 5.69 Å². The van der Waals surface area contributed by atoms with Crippen LogP contribution in [0.15, 0.2) is 29.8 Å². The molecule has 2 N–H and O–H groups in total. The molecular weight excluding hydrogens is 254 g/mol. The van der Waals surface area contributed by atoms with Crippen molar-refractivity contribution in [1.82, 2.24) is 5.32 Å². The fourth-order valence-electron chi connectivity index (χ4n) is 1.84. The molecule has 1 aliphatic heterocycles. The predicted octanol–water partition coefficient (Wildman–Crippen LogP) is 2.58. The van der Waals surface area contributed by atoms with E-state index in [1.165, 1.54) is 11.6 Å². The van der Waals surface area contributed by atoms with E-state index < -0.39 is 4.92 Å². The van der Waals surface area contributed by atoms with Crippen LogP contribution in [0.5, 0.6) is 0 Å². The molecule has 0 atom stereocenters. The number of hydrogen-bond acceptors (Lipinski definition) is 4. The minimum Gasteiger partial charge on any atom is -0.376 e. The quantitative estimate of drug-likeness (QED) is 0.500. The number of anilines is 1. The minimum atomic E-state index is -0.426. The lowest BCUT2D eigenvalue weighted by Crippen LogP contribution is -2.23. The molecule has 96 valence electrons. The van der Waals surface area contributed by atoms with Crippen LogP contribution >= 0.6 is 11.6 Å². The van der Waals surface area contributed by atoms with Crippen molar-refractivity contribution < 1.29 is 4.92 Å². The SMILES string of the molecule is O=[N+]([O-])c1cc(Cl)ccc1NCC1=CCNCC1. The fraction of sp³-hybridized carbons (Fsp3) is 0.333. The van der Waals surface area contributed by atoms with Gasteiger partial charge in [0.2, 0.25) is 0 Å². The molecule has 5 nitrogen and oxygen atoms in total. The predicted molar refractivity (Wildman–Crippen MR) is 72.2 cm³/mol. The number of hydrogen-bond donors (Lipinski definition) is 2. The van der Waals surface area contributed by atoms with Crippen LogP contribution in [-0.4, -0.2) is 24.6 Å². The van der Waals surface area contributed by atoms with Gasteiger partial charge < -0.3 is 10.6 Å². The van der Waals surface area contributed by atoms with Crippen LogP contribution in [-0.2, 0) is 0 Å². The first-order chi connectivity index (χ1) is 8.66. The summed E-state index contributed by atoms with van der Waals surface area (Å²) in [4.78, 5) is 10.5. The maximum atomic E-state index is 10.9. The summed E-state index contributed by atoms with van der Waals surface area (Å²) < 4.78 is 0. The van der Waals surface area contributed by atoms with E-state index >= 15 is 0 Å². The molecule has 0 amide bonds.